The highest BCUT2D eigenvalue weighted by molar-refractivity contribution is 5.81. The highest BCUT2D eigenvalue weighted by atomic mass is 19.2. The van der Waals surface area contributed by atoms with Gasteiger partial charge in [-0.05, 0) is 26.8 Å². The molecule has 0 bridgehead atoms. The van der Waals surface area contributed by atoms with Crippen LogP contribution in [0.4, 0.5) is 13.2 Å². The zero-order valence-electron chi connectivity index (χ0n) is 11.1. The summed E-state index contributed by atoms with van der Waals surface area (Å²) in [5.74, 6) is -3.43. The van der Waals surface area contributed by atoms with Crippen molar-refractivity contribution in [3.8, 4) is 0 Å². The maximum atomic E-state index is 13.3. The Morgan fingerprint density at radius 1 is 1.11 bits per heavy atom. The minimum atomic E-state index is -1.23. The summed E-state index contributed by atoms with van der Waals surface area (Å²) in [4.78, 5) is 11.6. The van der Waals surface area contributed by atoms with E-state index >= 15 is 0 Å². The summed E-state index contributed by atoms with van der Waals surface area (Å²) in [5, 5.41) is 5.44. The molecule has 0 aliphatic rings. The van der Waals surface area contributed by atoms with Crippen LogP contribution in [0.5, 0.6) is 0 Å². The van der Waals surface area contributed by atoms with Crippen LogP contribution in [0.2, 0.25) is 0 Å². The van der Waals surface area contributed by atoms with Crippen LogP contribution in [0.1, 0.15) is 26.3 Å². The number of rotatable bonds is 5. The molecule has 0 fully saturated rings. The summed E-state index contributed by atoms with van der Waals surface area (Å²) in [6, 6.07) is 0.710. The molecule has 1 unspecified atom stereocenters. The lowest BCUT2D eigenvalue weighted by molar-refractivity contribution is -0.123. The molecule has 0 heterocycles. The molecule has 0 saturated carbocycles. The highest BCUT2D eigenvalue weighted by Gasteiger charge is 2.15. The first kappa shape index (κ1) is 15.5. The number of carbonyl (C=O) groups is 1. The fourth-order valence-corrected chi connectivity index (χ4v) is 1.46. The average Bonchev–Trinajstić information content (AvgIpc) is 2.30. The van der Waals surface area contributed by atoms with E-state index in [0.717, 1.165) is 6.07 Å². The second-order valence-electron chi connectivity index (χ2n) is 4.62. The van der Waals surface area contributed by atoms with Gasteiger partial charge in [0.1, 0.15) is 5.82 Å². The Morgan fingerprint density at radius 3 is 2.26 bits per heavy atom. The highest BCUT2D eigenvalue weighted by Crippen LogP contribution is 2.13. The molecule has 1 rings (SSSR count). The summed E-state index contributed by atoms with van der Waals surface area (Å²) in [6.45, 7) is 5.19. The molecule has 19 heavy (non-hydrogen) atoms. The van der Waals surface area contributed by atoms with Gasteiger partial charge < -0.3 is 10.6 Å². The molecule has 1 aromatic rings. The Hall–Kier alpha value is -1.56. The zero-order chi connectivity index (χ0) is 14.6. The number of amides is 1. The van der Waals surface area contributed by atoms with E-state index in [0.29, 0.717) is 6.07 Å². The van der Waals surface area contributed by atoms with E-state index in [1.165, 1.54) is 0 Å². The smallest absolute Gasteiger partial charge is 0.237 e. The number of hydrogen-bond donors (Lipinski definition) is 2. The lowest BCUT2D eigenvalue weighted by Gasteiger charge is -2.16. The van der Waals surface area contributed by atoms with Gasteiger partial charge in [-0.25, -0.2) is 13.2 Å². The molecule has 0 radical (unpaired) electrons. The molecule has 0 saturated heterocycles. The molecule has 0 spiro atoms. The molecule has 1 aromatic carbocycles. The van der Waals surface area contributed by atoms with Crippen LogP contribution >= 0.6 is 0 Å². The predicted octanol–water partition coefficient (Wildman–Crippen LogP) is 2.11. The van der Waals surface area contributed by atoms with Gasteiger partial charge >= 0.3 is 0 Å². The predicted molar refractivity (Wildman–Crippen MR) is 65.9 cm³/mol. The van der Waals surface area contributed by atoms with Gasteiger partial charge in [-0.15, -0.1) is 0 Å². The minimum absolute atomic E-state index is 0.00301. The van der Waals surface area contributed by atoms with Crippen LogP contribution in [0.3, 0.4) is 0 Å². The van der Waals surface area contributed by atoms with Crippen LogP contribution in [0, 0.1) is 17.5 Å². The normalized spacial score (nSPS) is 12.6. The van der Waals surface area contributed by atoms with E-state index in [1.54, 1.807) is 6.92 Å². The van der Waals surface area contributed by atoms with Crippen molar-refractivity contribution in [1.82, 2.24) is 10.6 Å². The second-order valence-corrected chi connectivity index (χ2v) is 4.62. The van der Waals surface area contributed by atoms with Gasteiger partial charge in [-0.3, -0.25) is 4.79 Å². The molecule has 0 aromatic heterocycles. The standard InChI is InChI=1S/C13H17F3N2O/c1-7(2)18-13(19)8(3)17-6-9-4-11(15)12(16)5-10(9)14/h4-5,7-8,17H,6H2,1-3H3,(H,18,19). The molecular formula is C13H17F3N2O. The average molecular weight is 274 g/mol. The number of benzene rings is 1. The lowest BCUT2D eigenvalue weighted by Crippen LogP contribution is -2.44. The molecule has 6 heteroatoms. The maximum Gasteiger partial charge on any atom is 0.237 e. The molecule has 1 amide bonds. The quantitative estimate of drug-likeness (QED) is 0.807. The fraction of sp³-hybridized carbons (Fsp3) is 0.462. The van der Waals surface area contributed by atoms with Crippen molar-refractivity contribution in [1.29, 1.82) is 0 Å². The van der Waals surface area contributed by atoms with E-state index < -0.39 is 23.5 Å². The molecule has 3 nitrogen and oxygen atoms in total. The second kappa shape index (κ2) is 6.56. The first-order valence-corrected chi connectivity index (χ1v) is 5.98. The van der Waals surface area contributed by atoms with E-state index in [4.69, 9.17) is 0 Å². The van der Waals surface area contributed by atoms with Crippen molar-refractivity contribution in [2.45, 2.75) is 39.4 Å². The van der Waals surface area contributed by atoms with Crippen molar-refractivity contribution >= 4 is 5.91 Å². The van der Waals surface area contributed by atoms with E-state index in [-0.39, 0.29) is 24.1 Å². The Morgan fingerprint density at radius 2 is 1.68 bits per heavy atom. The van der Waals surface area contributed by atoms with Crippen molar-refractivity contribution in [3.63, 3.8) is 0 Å². The number of carbonyl (C=O) groups excluding carboxylic acids is 1. The minimum Gasteiger partial charge on any atom is -0.353 e. The van der Waals surface area contributed by atoms with Gasteiger partial charge in [0.25, 0.3) is 0 Å². The molecule has 0 aliphatic carbocycles. The van der Waals surface area contributed by atoms with Crippen LogP contribution in [0.15, 0.2) is 12.1 Å². The van der Waals surface area contributed by atoms with Crippen molar-refractivity contribution in [3.05, 3.63) is 35.1 Å². The zero-order valence-corrected chi connectivity index (χ0v) is 11.1. The van der Waals surface area contributed by atoms with E-state index in [1.807, 2.05) is 13.8 Å². The molecule has 1 atom stereocenters. The fourth-order valence-electron chi connectivity index (χ4n) is 1.46. The largest absolute Gasteiger partial charge is 0.353 e. The number of halogens is 3. The Labute approximate surface area is 110 Å². The lowest BCUT2D eigenvalue weighted by atomic mass is 10.2. The van der Waals surface area contributed by atoms with Crippen LogP contribution in [0.25, 0.3) is 0 Å². The summed E-state index contributed by atoms with van der Waals surface area (Å²) >= 11 is 0. The van der Waals surface area contributed by atoms with Gasteiger partial charge in [0.15, 0.2) is 11.6 Å². The van der Waals surface area contributed by atoms with Gasteiger partial charge in [-0.2, -0.15) is 0 Å². The number of hydrogen-bond acceptors (Lipinski definition) is 2. The molecular weight excluding hydrogens is 257 g/mol. The molecule has 2 N–H and O–H groups in total. The van der Waals surface area contributed by atoms with Crippen molar-refractivity contribution < 1.29 is 18.0 Å². The van der Waals surface area contributed by atoms with Crippen LogP contribution < -0.4 is 10.6 Å². The SMILES string of the molecule is CC(C)NC(=O)C(C)NCc1cc(F)c(F)cc1F. The summed E-state index contributed by atoms with van der Waals surface area (Å²) in [7, 11) is 0. The van der Waals surface area contributed by atoms with Gasteiger partial charge in [0, 0.05) is 24.2 Å². The monoisotopic (exact) mass is 274 g/mol. The molecule has 0 aliphatic heterocycles. The molecule has 106 valence electrons. The summed E-state index contributed by atoms with van der Waals surface area (Å²) < 4.78 is 39.0. The first-order chi connectivity index (χ1) is 8.81. The summed E-state index contributed by atoms with van der Waals surface area (Å²) in [5.41, 5.74) is -0.0249. The Balaban J connectivity index is 2.62. The Bertz CT molecular complexity index is 463. The maximum absolute atomic E-state index is 13.3. The van der Waals surface area contributed by atoms with E-state index in [2.05, 4.69) is 10.6 Å². The van der Waals surface area contributed by atoms with Crippen LogP contribution in [-0.2, 0) is 11.3 Å². The topological polar surface area (TPSA) is 41.1 Å². The summed E-state index contributed by atoms with van der Waals surface area (Å²) in [6.07, 6.45) is 0. The van der Waals surface area contributed by atoms with Gasteiger partial charge in [0.05, 0.1) is 6.04 Å². The van der Waals surface area contributed by atoms with Crippen LogP contribution in [-0.4, -0.2) is 18.0 Å². The third kappa shape index (κ3) is 4.55. The Kier molecular flexibility index (Phi) is 5.35. The van der Waals surface area contributed by atoms with Gasteiger partial charge in [-0.1, -0.05) is 0 Å². The third-order valence-corrected chi connectivity index (χ3v) is 2.51. The van der Waals surface area contributed by atoms with E-state index in [9.17, 15) is 18.0 Å². The van der Waals surface area contributed by atoms with Crippen molar-refractivity contribution in [2.24, 2.45) is 0 Å². The van der Waals surface area contributed by atoms with Crippen molar-refractivity contribution in [2.75, 3.05) is 0 Å². The van der Waals surface area contributed by atoms with Gasteiger partial charge in [0.2, 0.25) is 5.91 Å². The first-order valence-electron chi connectivity index (χ1n) is 5.98. The number of nitrogens with one attached hydrogen (secondary N) is 2. The third-order valence-electron chi connectivity index (χ3n) is 2.51.